The second kappa shape index (κ2) is 7.72. The van der Waals surface area contributed by atoms with Crippen LogP contribution in [0.2, 0.25) is 0 Å². The number of anilines is 1. The highest BCUT2D eigenvalue weighted by molar-refractivity contribution is 5.43. The van der Waals surface area contributed by atoms with Gasteiger partial charge in [0, 0.05) is 6.54 Å². The second-order valence-electron chi connectivity index (χ2n) is 4.40. The van der Waals surface area contributed by atoms with E-state index < -0.39 is 0 Å². The number of nitrogens with zero attached hydrogens (tertiary/aromatic N) is 3. The predicted octanol–water partition coefficient (Wildman–Crippen LogP) is 3.09. The lowest BCUT2D eigenvalue weighted by molar-refractivity contribution is 0.548. The van der Waals surface area contributed by atoms with Crippen LogP contribution in [0.15, 0.2) is 6.33 Å². The van der Waals surface area contributed by atoms with E-state index in [0.29, 0.717) is 11.5 Å². The lowest BCUT2D eigenvalue weighted by Gasteiger charge is -2.03. The highest BCUT2D eigenvalue weighted by Gasteiger charge is 2.05. The molecule has 1 heterocycles. The van der Waals surface area contributed by atoms with E-state index in [4.69, 9.17) is 11.0 Å². The van der Waals surface area contributed by atoms with Gasteiger partial charge in [-0.3, -0.25) is 0 Å². The Hall–Kier alpha value is -1.50. The smallest absolute Gasteiger partial charge is 0.164 e. The molecule has 1 aromatic rings. The topological polar surface area (TPSA) is 67.6 Å². The Morgan fingerprint density at radius 3 is 2.53 bits per heavy atom. The average Bonchev–Trinajstić information content (AvgIpc) is 2.69. The van der Waals surface area contributed by atoms with Crippen LogP contribution in [0.3, 0.4) is 0 Å². The van der Waals surface area contributed by atoms with Crippen LogP contribution in [-0.4, -0.2) is 9.55 Å². The molecular formula is C13H22N4. The Bertz CT molecular complexity index is 362. The molecule has 1 aromatic heterocycles. The summed E-state index contributed by atoms with van der Waals surface area (Å²) in [6, 6.07) is 2.09. The fourth-order valence-corrected chi connectivity index (χ4v) is 1.93. The first-order chi connectivity index (χ1) is 8.29. The van der Waals surface area contributed by atoms with E-state index in [2.05, 4.69) is 18.0 Å². The van der Waals surface area contributed by atoms with Gasteiger partial charge in [0.15, 0.2) is 11.5 Å². The van der Waals surface area contributed by atoms with Gasteiger partial charge >= 0.3 is 0 Å². The molecule has 0 bridgehead atoms. The number of hydrogen-bond donors (Lipinski definition) is 1. The van der Waals surface area contributed by atoms with Gasteiger partial charge in [0.1, 0.15) is 6.07 Å². The largest absolute Gasteiger partial charge is 0.381 e. The third-order valence-electron chi connectivity index (χ3n) is 2.97. The molecule has 0 fully saturated rings. The first kappa shape index (κ1) is 13.6. The van der Waals surface area contributed by atoms with Crippen molar-refractivity contribution in [1.82, 2.24) is 9.55 Å². The molecule has 0 unspecified atom stereocenters. The zero-order valence-electron chi connectivity index (χ0n) is 10.7. The fourth-order valence-electron chi connectivity index (χ4n) is 1.93. The summed E-state index contributed by atoms with van der Waals surface area (Å²) in [5, 5.41) is 8.90. The van der Waals surface area contributed by atoms with E-state index in [-0.39, 0.29) is 0 Å². The Morgan fingerprint density at radius 1 is 1.24 bits per heavy atom. The third-order valence-corrected chi connectivity index (χ3v) is 2.97. The highest BCUT2D eigenvalue weighted by atomic mass is 15.1. The van der Waals surface area contributed by atoms with Crippen LogP contribution in [0.5, 0.6) is 0 Å². The monoisotopic (exact) mass is 234 g/mol. The summed E-state index contributed by atoms with van der Waals surface area (Å²) in [6.07, 6.45) is 10.6. The minimum absolute atomic E-state index is 0.343. The van der Waals surface area contributed by atoms with Crippen LogP contribution in [0.4, 0.5) is 5.82 Å². The minimum Gasteiger partial charge on any atom is -0.381 e. The summed E-state index contributed by atoms with van der Waals surface area (Å²) < 4.78 is 1.85. The molecule has 4 nitrogen and oxygen atoms in total. The van der Waals surface area contributed by atoms with E-state index in [0.717, 1.165) is 13.0 Å². The molecule has 94 valence electrons. The fraction of sp³-hybridized carbons (Fsp3) is 0.692. The summed E-state index contributed by atoms with van der Waals surface area (Å²) in [5.74, 6) is 0.343. The number of rotatable bonds is 8. The Kier molecular flexibility index (Phi) is 6.16. The summed E-state index contributed by atoms with van der Waals surface area (Å²) in [5.41, 5.74) is 6.08. The number of hydrogen-bond acceptors (Lipinski definition) is 3. The van der Waals surface area contributed by atoms with E-state index in [1.165, 1.54) is 38.5 Å². The zero-order chi connectivity index (χ0) is 12.5. The molecule has 2 N–H and O–H groups in total. The molecule has 0 amide bonds. The number of aromatic nitrogens is 2. The summed E-state index contributed by atoms with van der Waals surface area (Å²) in [6.45, 7) is 3.08. The van der Waals surface area contributed by atoms with E-state index >= 15 is 0 Å². The van der Waals surface area contributed by atoms with Gasteiger partial charge in [0.25, 0.3) is 0 Å². The number of nitrogens with two attached hydrogens (primary N) is 1. The summed E-state index contributed by atoms with van der Waals surface area (Å²) in [7, 11) is 0. The number of unbranched alkanes of at least 4 members (excludes halogenated alkanes) is 6. The average molecular weight is 234 g/mol. The van der Waals surface area contributed by atoms with Crippen molar-refractivity contribution in [3.63, 3.8) is 0 Å². The maximum Gasteiger partial charge on any atom is 0.164 e. The number of aryl methyl sites for hydroxylation is 1. The zero-order valence-corrected chi connectivity index (χ0v) is 10.7. The van der Waals surface area contributed by atoms with Crippen molar-refractivity contribution in [3.8, 4) is 6.07 Å². The van der Waals surface area contributed by atoms with Gasteiger partial charge in [-0.05, 0) is 6.42 Å². The molecule has 1 rings (SSSR count). The van der Waals surface area contributed by atoms with Crippen LogP contribution in [0.1, 0.15) is 57.6 Å². The number of imidazole rings is 1. The third kappa shape index (κ3) is 4.48. The van der Waals surface area contributed by atoms with Crippen molar-refractivity contribution in [3.05, 3.63) is 12.0 Å². The second-order valence-corrected chi connectivity index (χ2v) is 4.40. The van der Waals surface area contributed by atoms with Crippen molar-refractivity contribution in [2.24, 2.45) is 0 Å². The Balaban J connectivity index is 2.16. The van der Waals surface area contributed by atoms with Gasteiger partial charge in [-0.1, -0.05) is 45.4 Å². The molecule has 0 aliphatic carbocycles. The minimum atomic E-state index is 0.343. The van der Waals surface area contributed by atoms with Crippen molar-refractivity contribution in [1.29, 1.82) is 5.26 Å². The quantitative estimate of drug-likeness (QED) is 0.703. The molecule has 0 aliphatic rings. The summed E-state index contributed by atoms with van der Waals surface area (Å²) >= 11 is 0. The van der Waals surface area contributed by atoms with Gasteiger partial charge in [-0.15, -0.1) is 0 Å². The molecule has 0 saturated heterocycles. The molecule has 0 aliphatic heterocycles. The van der Waals surface area contributed by atoms with Crippen molar-refractivity contribution >= 4 is 5.82 Å². The standard InChI is InChI=1S/C13H22N4/c1-2-3-4-5-6-7-8-9-17-11-16-13(15)12(17)10-14/h11H,2-9,15H2,1H3. The Morgan fingerprint density at radius 2 is 1.88 bits per heavy atom. The van der Waals surface area contributed by atoms with Crippen LogP contribution in [0.25, 0.3) is 0 Å². The lowest BCUT2D eigenvalue weighted by Crippen LogP contribution is -2.00. The van der Waals surface area contributed by atoms with Crippen LogP contribution >= 0.6 is 0 Å². The maximum absolute atomic E-state index is 8.90. The van der Waals surface area contributed by atoms with Gasteiger partial charge in [-0.2, -0.15) is 5.26 Å². The van der Waals surface area contributed by atoms with Crippen LogP contribution in [0, 0.1) is 11.3 Å². The molecule has 0 spiro atoms. The van der Waals surface area contributed by atoms with Crippen LogP contribution in [-0.2, 0) is 6.54 Å². The number of nitrogen functional groups attached to an aromatic ring is 1. The van der Waals surface area contributed by atoms with Gasteiger partial charge in [0.05, 0.1) is 6.33 Å². The normalized spacial score (nSPS) is 10.4. The SMILES string of the molecule is CCCCCCCCCn1cnc(N)c1C#N. The highest BCUT2D eigenvalue weighted by Crippen LogP contribution is 2.11. The van der Waals surface area contributed by atoms with Gasteiger partial charge in [-0.25, -0.2) is 4.98 Å². The van der Waals surface area contributed by atoms with E-state index in [1.54, 1.807) is 6.33 Å². The molecule has 0 atom stereocenters. The molecule has 17 heavy (non-hydrogen) atoms. The van der Waals surface area contributed by atoms with E-state index in [9.17, 15) is 0 Å². The molecule has 0 saturated carbocycles. The maximum atomic E-state index is 8.90. The first-order valence-corrected chi connectivity index (χ1v) is 6.50. The van der Waals surface area contributed by atoms with Crippen molar-refractivity contribution < 1.29 is 0 Å². The molecule has 0 radical (unpaired) electrons. The molecule has 4 heteroatoms. The predicted molar refractivity (Wildman–Crippen MR) is 69.3 cm³/mol. The van der Waals surface area contributed by atoms with Crippen LogP contribution < -0.4 is 5.73 Å². The summed E-state index contributed by atoms with van der Waals surface area (Å²) in [4.78, 5) is 3.95. The molecular weight excluding hydrogens is 212 g/mol. The van der Waals surface area contributed by atoms with Crippen molar-refractivity contribution in [2.45, 2.75) is 58.4 Å². The Labute approximate surface area is 103 Å². The molecule has 0 aromatic carbocycles. The van der Waals surface area contributed by atoms with E-state index in [1.807, 2.05) is 4.57 Å². The first-order valence-electron chi connectivity index (χ1n) is 6.50. The number of nitriles is 1. The lowest BCUT2D eigenvalue weighted by atomic mass is 10.1. The van der Waals surface area contributed by atoms with Crippen molar-refractivity contribution in [2.75, 3.05) is 5.73 Å². The van der Waals surface area contributed by atoms with Gasteiger partial charge in [0.2, 0.25) is 0 Å². The van der Waals surface area contributed by atoms with Gasteiger partial charge < -0.3 is 10.3 Å².